The van der Waals surface area contributed by atoms with Crippen molar-refractivity contribution in [2.24, 2.45) is 13.0 Å². The SMILES string of the molecule is CCCN1CCCC(C(C)Nc2c(C)nn(C)c2C)C1. The molecule has 1 saturated heterocycles. The zero-order valence-electron chi connectivity index (χ0n) is 13.7. The highest BCUT2D eigenvalue weighted by atomic mass is 15.3. The molecule has 1 fully saturated rings. The number of aryl methyl sites for hydroxylation is 2. The molecule has 0 aliphatic carbocycles. The number of rotatable bonds is 5. The van der Waals surface area contributed by atoms with E-state index >= 15 is 0 Å². The normalized spacial score (nSPS) is 21.9. The largest absolute Gasteiger partial charge is 0.379 e. The molecule has 0 aromatic carbocycles. The van der Waals surface area contributed by atoms with Gasteiger partial charge in [0, 0.05) is 19.6 Å². The van der Waals surface area contributed by atoms with E-state index in [4.69, 9.17) is 0 Å². The Morgan fingerprint density at radius 3 is 2.75 bits per heavy atom. The predicted octanol–water partition coefficient (Wildman–Crippen LogP) is 2.96. The van der Waals surface area contributed by atoms with Gasteiger partial charge in [0.1, 0.15) is 0 Å². The average molecular weight is 278 g/mol. The lowest BCUT2D eigenvalue weighted by Gasteiger charge is -2.36. The number of hydrogen-bond acceptors (Lipinski definition) is 3. The monoisotopic (exact) mass is 278 g/mol. The van der Waals surface area contributed by atoms with E-state index in [2.05, 4.69) is 43.0 Å². The topological polar surface area (TPSA) is 33.1 Å². The highest BCUT2D eigenvalue weighted by molar-refractivity contribution is 5.52. The molecule has 1 aromatic heterocycles. The lowest BCUT2D eigenvalue weighted by molar-refractivity contribution is 0.165. The molecule has 0 saturated carbocycles. The third-order valence-corrected chi connectivity index (χ3v) is 4.67. The molecule has 0 spiro atoms. The second-order valence-electron chi connectivity index (χ2n) is 6.31. The molecule has 2 heterocycles. The molecule has 1 aliphatic rings. The number of aromatic nitrogens is 2. The van der Waals surface area contributed by atoms with E-state index in [9.17, 15) is 0 Å². The van der Waals surface area contributed by atoms with Gasteiger partial charge in [-0.1, -0.05) is 6.92 Å². The summed E-state index contributed by atoms with van der Waals surface area (Å²) in [4.78, 5) is 2.62. The Kier molecular flexibility index (Phi) is 5.08. The van der Waals surface area contributed by atoms with E-state index < -0.39 is 0 Å². The zero-order valence-corrected chi connectivity index (χ0v) is 13.7. The minimum atomic E-state index is 0.510. The number of piperidine rings is 1. The van der Waals surface area contributed by atoms with Crippen molar-refractivity contribution < 1.29 is 0 Å². The summed E-state index contributed by atoms with van der Waals surface area (Å²) in [7, 11) is 2.02. The quantitative estimate of drug-likeness (QED) is 0.899. The minimum Gasteiger partial charge on any atom is -0.379 e. The Morgan fingerprint density at radius 2 is 2.15 bits per heavy atom. The maximum absolute atomic E-state index is 4.50. The number of nitrogens with one attached hydrogen (secondary N) is 1. The van der Waals surface area contributed by atoms with Crippen LogP contribution in [-0.4, -0.2) is 40.4 Å². The summed E-state index contributed by atoms with van der Waals surface area (Å²) in [5.41, 5.74) is 3.57. The van der Waals surface area contributed by atoms with Crippen molar-refractivity contribution in [3.63, 3.8) is 0 Å². The molecular formula is C16H30N4. The molecule has 0 amide bonds. The van der Waals surface area contributed by atoms with Crippen LogP contribution in [0.2, 0.25) is 0 Å². The van der Waals surface area contributed by atoms with Gasteiger partial charge in [-0.3, -0.25) is 4.68 Å². The molecule has 1 aromatic rings. The van der Waals surface area contributed by atoms with E-state index in [0.29, 0.717) is 6.04 Å². The van der Waals surface area contributed by atoms with Gasteiger partial charge in [0.15, 0.2) is 0 Å². The summed E-state index contributed by atoms with van der Waals surface area (Å²) in [6.45, 7) is 12.6. The van der Waals surface area contributed by atoms with Crippen LogP contribution < -0.4 is 5.32 Å². The molecule has 1 N–H and O–H groups in total. The standard InChI is InChI=1S/C16H30N4/c1-6-9-20-10-7-8-15(11-20)12(2)17-16-13(3)18-19(5)14(16)4/h12,15,17H,6-11H2,1-5H3. The third-order valence-electron chi connectivity index (χ3n) is 4.67. The molecule has 4 heteroatoms. The lowest BCUT2D eigenvalue weighted by Crippen LogP contribution is -2.42. The van der Waals surface area contributed by atoms with Gasteiger partial charge in [0.25, 0.3) is 0 Å². The molecule has 2 atom stereocenters. The molecule has 1 aliphatic heterocycles. The van der Waals surface area contributed by atoms with Crippen LogP contribution in [0.5, 0.6) is 0 Å². The van der Waals surface area contributed by atoms with Gasteiger partial charge < -0.3 is 10.2 Å². The van der Waals surface area contributed by atoms with Crippen molar-refractivity contribution in [3.8, 4) is 0 Å². The van der Waals surface area contributed by atoms with Crippen LogP contribution in [0.1, 0.15) is 44.5 Å². The Balaban J connectivity index is 1.98. The number of nitrogens with zero attached hydrogens (tertiary/aromatic N) is 3. The van der Waals surface area contributed by atoms with Gasteiger partial charge in [-0.2, -0.15) is 5.10 Å². The fourth-order valence-electron chi connectivity index (χ4n) is 3.35. The van der Waals surface area contributed by atoms with E-state index in [-0.39, 0.29) is 0 Å². The summed E-state index contributed by atoms with van der Waals surface area (Å²) in [6, 6.07) is 0.510. The van der Waals surface area contributed by atoms with Gasteiger partial charge in [-0.25, -0.2) is 0 Å². The second kappa shape index (κ2) is 6.61. The highest BCUT2D eigenvalue weighted by Crippen LogP contribution is 2.25. The van der Waals surface area contributed by atoms with Crippen molar-refractivity contribution in [1.29, 1.82) is 0 Å². The van der Waals surface area contributed by atoms with Crippen molar-refractivity contribution in [3.05, 3.63) is 11.4 Å². The molecule has 20 heavy (non-hydrogen) atoms. The Morgan fingerprint density at radius 1 is 1.40 bits per heavy atom. The molecule has 2 rings (SSSR count). The van der Waals surface area contributed by atoms with Crippen LogP contribution in [0.25, 0.3) is 0 Å². The summed E-state index contributed by atoms with van der Waals surface area (Å²) in [5.74, 6) is 0.745. The second-order valence-corrected chi connectivity index (χ2v) is 6.31. The zero-order chi connectivity index (χ0) is 14.7. The van der Waals surface area contributed by atoms with E-state index in [1.54, 1.807) is 0 Å². The molecule has 2 unspecified atom stereocenters. The maximum Gasteiger partial charge on any atom is 0.0827 e. The van der Waals surface area contributed by atoms with E-state index in [1.165, 1.54) is 50.3 Å². The molecule has 114 valence electrons. The van der Waals surface area contributed by atoms with Crippen LogP contribution in [0, 0.1) is 19.8 Å². The summed E-state index contributed by atoms with van der Waals surface area (Å²) in [6.07, 6.45) is 3.93. The fourth-order valence-corrected chi connectivity index (χ4v) is 3.35. The van der Waals surface area contributed by atoms with Crippen LogP contribution in [0.4, 0.5) is 5.69 Å². The first kappa shape index (κ1) is 15.4. The van der Waals surface area contributed by atoms with Crippen LogP contribution in [0.3, 0.4) is 0 Å². The Labute approximate surface area is 123 Å². The fraction of sp³-hybridized carbons (Fsp3) is 0.812. The van der Waals surface area contributed by atoms with Gasteiger partial charge in [-0.15, -0.1) is 0 Å². The van der Waals surface area contributed by atoms with Gasteiger partial charge in [0.05, 0.1) is 17.1 Å². The van der Waals surface area contributed by atoms with Crippen LogP contribution in [0.15, 0.2) is 0 Å². The van der Waals surface area contributed by atoms with Crippen molar-refractivity contribution >= 4 is 5.69 Å². The molecule has 4 nitrogen and oxygen atoms in total. The van der Waals surface area contributed by atoms with E-state index in [0.717, 1.165) is 11.6 Å². The van der Waals surface area contributed by atoms with Crippen LogP contribution in [-0.2, 0) is 7.05 Å². The highest BCUT2D eigenvalue weighted by Gasteiger charge is 2.25. The van der Waals surface area contributed by atoms with E-state index in [1.807, 2.05) is 11.7 Å². The summed E-state index contributed by atoms with van der Waals surface area (Å²) < 4.78 is 1.97. The van der Waals surface area contributed by atoms with Crippen molar-refractivity contribution in [1.82, 2.24) is 14.7 Å². The van der Waals surface area contributed by atoms with Crippen molar-refractivity contribution in [2.45, 2.75) is 53.0 Å². The molecule has 0 radical (unpaired) electrons. The van der Waals surface area contributed by atoms with Crippen LogP contribution >= 0.6 is 0 Å². The Bertz CT molecular complexity index is 436. The number of likely N-dealkylation sites (tertiary alicyclic amines) is 1. The molecular weight excluding hydrogens is 248 g/mol. The first-order chi connectivity index (χ1) is 9.52. The van der Waals surface area contributed by atoms with Crippen molar-refractivity contribution in [2.75, 3.05) is 25.0 Å². The maximum atomic E-state index is 4.50. The predicted molar refractivity (Wildman–Crippen MR) is 85.2 cm³/mol. The average Bonchev–Trinajstić information content (AvgIpc) is 2.66. The first-order valence-corrected chi connectivity index (χ1v) is 8.02. The molecule has 0 bridgehead atoms. The minimum absolute atomic E-state index is 0.510. The first-order valence-electron chi connectivity index (χ1n) is 8.02. The third kappa shape index (κ3) is 3.35. The number of anilines is 1. The van der Waals surface area contributed by atoms with Gasteiger partial charge in [0.2, 0.25) is 0 Å². The summed E-state index contributed by atoms with van der Waals surface area (Å²) >= 11 is 0. The lowest BCUT2D eigenvalue weighted by atomic mass is 9.91. The summed E-state index contributed by atoms with van der Waals surface area (Å²) in [5, 5.41) is 8.22. The smallest absolute Gasteiger partial charge is 0.0827 e. The van der Waals surface area contributed by atoms with Gasteiger partial charge >= 0.3 is 0 Å². The van der Waals surface area contributed by atoms with Gasteiger partial charge in [-0.05, 0) is 59.0 Å². The Hall–Kier alpha value is -1.03. The number of hydrogen-bond donors (Lipinski definition) is 1.